The summed E-state index contributed by atoms with van der Waals surface area (Å²) in [6, 6.07) is 15.9. The second-order valence-corrected chi connectivity index (χ2v) is 8.50. The number of carbonyl (C=O) groups excluding carboxylic acids is 1. The average molecular weight is 405 g/mol. The summed E-state index contributed by atoms with van der Waals surface area (Å²) < 4.78 is 6.80. The number of aromatic nitrogens is 1. The van der Waals surface area contributed by atoms with Crippen LogP contribution in [0, 0.1) is 5.92 Å². The van der Waals surface area contributed by atoms with Gasteiger partial charge in [0.25, 0.3) is 0 Å². The summed E-state index contributed by atoms with van der Waals surface area (Å²) in [7, 11) is 1.70. The zero-order valence-electron chi connectivity index (χ0n) is 17.3. The SMILES string of the molecule is Cn1c(=O)oc2ccc(N(C(=O)C3CC3)[C@H](CN3CCCC3)c3ccccc3)cc21. The maximum atomic E-state index is 13.5. The number of hydrogen-bond donors (Lipinski definition) is 0. The summed E-state index contributed by atoms with van der Waals surface area (Å²) in [5.41, 5.74) is 3.21. The molecule has 0 radical (unpaired) electrons. The minimum Gasteiger partial charge on any atom is -0.408 e. The molecule has 2 aliphatic rings. The van der Waals surface area contributed by atoms with Crippen molar-refractivity contribution in [2.24, 2.45) is 13.0 Å². The van der Waals surface area contributed by atoms with Gasteiger partial charge >= 0.3 is 5.76 Å². The summed E-state index contributed by atoms with van der Waals surface area (Å²) in [5.74, 6) is -0.117. The first-order chi connectivity index (χ1) is 14.6. The van der Waals surface area contributed by atoms with Gasteiger partial charge in [0.1, 0.15) is 0 Å². The van der Waals surface area contributed by atoms with Crippen molar-refractivity contribution in [2.75, 3.05) is 24.5 Å². The fourth-order valence-electron chi connectivity index (χ4n) is 4.47. The molecular formula is C24H27N3O3. The molecule has 1 aliphatic heterocycles. The van der Waals surface area contributed by atoms with E-state index in [1.807, 2.05) is 35.2 Å². The molecule has 1 saturated heterocycles. The third-order valence-corrected chi connectivity index (χ3v) is 6.34. The van der Waals surface area contributed by atoms with E-state index in [4.69, 9.17) is 4.42 Å². The molecule has 2 aromatic carbocycles. The Kier molecular flexibility index (Phi) is 4.95. The van der Waals surface area contributed by atoms with Gasteiger partial charge in [0.05, 0.1) is 11.6 Å². The molecule has 2 heterocycles. The molecule has 1 aromatic heterocycles. The smallest absolute Gasteiger partial charge is 0.408 e. The van der Waals surface area contributed by atoms with Crippen LogP contribution in [0.3, 0.4) is 0 Å². The van der Waals surface area contributed by atoms with Crippen molar-refractivity contribution >= 4 is 22.7 Å². The highest BCUT2D eigenvalue weighted by molar-refractivity contribution is 5.98. The van der Waals surface area contributed by atoms with Crippen molar-refractivity contribution in [3.8, 4) is 0 Å². The van der Waals surface area contributed by atoms with Gasteiger partial charge in [-0.25, -0.2) is 4.79 Å². The summed E-state index contributed by atoms with van der Waals surface area (Å²) in [6.07, 6.45) is 4.32. The highest BCUT2D eigenvalue weighted by Gasteiger charge is 2.38. The average Bonchev–Trinajstić information content (AvgIpc) is 3.43. The van der Waals surface area contributed by atoms with Crippen LogP contribution < -0.4 is 10.7 Å². The predicted octanol–water partition coefficient (Wildman–Crippen LogP) is 3.71. The van der Waals surface area contributed by atoms with E-state index >= 15 is 0 Å². The Morgan fingerprint density at radius 3 is 2.57 bits per heavy atom. The highest BCUT2D eigenvalue weighted by atomic mass is 16.4. The van der Waals surface area contributed by atoms with E-state index in [0.717, 1.165) is 43.7 Å². The van der Waals surface area contributed by atoms with Gasteiger partial charge in [-0.15, -0.1) is 0 Å². The van der Waals surface area contributed by atoms with Gasteiger partial charge in [-0.3, -0.25) is 9.36 Å². The maximum absolute atomic E-state index is 13.5. The molecule has 0 N–H and O–H groups in total. The topological polar surface area (TPSA) is 58.7 Å². The highest BCUT2D eigenvalue weighted by Crippen LogP contribution is 2.38. The van der Waals surface area contributed by atoms with E-state index in [0.29, 0.717) is 11.1 Å². The molecule has 5 rings (SSSR count). The van der Waals surface area contributed by atoms with Gasteiger partial charge in [-0.2, -0.15) is 0 Å². The van der Waals surface area contributed by atoms with Crippen LogP contribution in [0.4, 0.5) is 5.69 Å². The fraction of sp³-hybridized carbons (Fsp3) is 0.417. The number of aryl methyl sites for hydroxylation is 1. The Morgan fingerprint density at radius 2 is 1.87 bits per heavy atom. The van der Waals surface area contributed by atoms with Crippen molar-refractivity contribution in [1.82, 2.24) is 9.47 Å². The lowest BCUT2D eigenvalue weighted by molar-refractivity contribution is -0.120. The van der Waals surface area contributed by atoms with Gasteiger partial charge in [0, 0.05) is 25.2 Å². The van der Waals surface area contributed by atoms with Crippen LogP contribution in [0.25, 0.3) is 11.1 Å². The lowest BCUT2D eigenvalue weighted by atomic mass is 10.0. The van der Waals surface area contributed by atoms with Crippen LogP contribution in [0.1, 0.15) is 37.3 Å². The fourth-order valence-corrected chi connectivity index (χ4v) is 4.47. The molecule has 1 saturated carbocycles. The number of carbonyl (C=O) groups is 1. The Morgan fingerprint density at radius 1 is 1.13 bits per heavy atom. The zero-order chi connectivity index (χ0) is 20.7. The Balaban J connectivity index is 1.61. The minimum atomic E-state index is -0.390. The second-order valence-electron chi connectivity index (χ2n) is 8.50. The van der Waals surface area contributed by atoms with Gasteiger partial charge in [0.2, 0.25) is 5.91 Å². The van der Waals surface area contributed by atoms with E-state index in [1.54, 1.807) is 13.1 Å². The monoisotopic (exact) mass is 405 g/mol. The molecule has 0 unspecified atom stereocenters. The third kappa shape index (κ3) is 3.56. The molecular weight excluding hydrogens is 378 g/mol. The lowest BCUT2D eigenvalue weighted by Crippen LogP contribution is -2.42. The molecule has 6 heteroatoms. The standard InChI is InChI=1S/C24H27N3O3/c1-25-20-15-19(11-12-22(20)30-24(25)29)27(23(28)18-9-10-18)21(16-26-13-5-6-14-26)17-7-3-2-4-8-17/h2-4,7-8,11-12,15,18,21H,5-6,9-10,13-14,16H2,1H3/t21-/m1/s1. The number of fused-ring (bicyclic) bond motifs is 1. The number of oxazole rings is 1. The van der Waals surface area contributed by atoms with Crippen molar-refractivity contribution < 1.29 is 9.21 Å². The number of likely N-dealkylation sites (tertiary alicyclic amines) is 1. The van der Waals surface area contributed by atoms with E-state index in [-0.39, 0.29) is 23.6 Å². The Bertz CT molecular complexity index is 1110. The molecule has 2 fully saturated rings. The largest absolute Gasteiger partial charge is 0.419 e. The van der Waals surface area contributed by atoms with E-state index in [1.165, 1.54) is 17.4 Å². The molecule has 30 heavy (non-hydrogen) atoms. The van der Waals surface area contributed by atoms with Crippen molar-refractivity contribution in [1.29, 1.82) is 0 Å². The number of anilines is 1. The minimum absolute atomic E-state index is 0.0706. The van der Waals surface area contributed by atoms with Gasteiger partial charge in [-0.1, -0.05) is 30.3 Å². The normalized spacial score (nSPS) is 18.0. The third-order valence-electron chi connectivity index (χ3n) is 6.34. The van der Waals surface area contributed by atoms with Crippen molar-refractivity contribution in [3.63, 3.8) is 0 Å². The Hall–Kier alpha value is -2.86. The summed E-state index contributed by atoms with van der Waals surface area (Å²) >= 11 is 0. The number of hydrogen-bond acceptors (Lipinski definition) is 4. The van der Waals surface area contributed by atoms with E-state index in [9.17, 15) is 9.59 Å². The predicted molar refractivity (Wildman–Crippen MR) is 117 cm³/mol. The van der Waals surface area contributed by atoms with Crippen LogP contribution >= 0.6 is 0 Å². The zero-order valence-corrected chi connectivity index (χ0v) is 17.3. The molecule has 1 aliphatic carbocycles. The first-order valence-electron chi connectivity index (χ1n) is 10.8. The lowest BCUT2D eigenvalue weighted by Gasteiger charge is -2.35. The van der Waals surface area contributed by atoms with Gasteiger partial charge < -0.3 is 14.2 Å². The van der Waals surface area contributed by atoms with Crippen LogP contribution in [-0.4, -0.2) is 35.0 Å². The molecule has 156 valence electrons. The van der Waals surface area contributed by atoms with Crippen molar-refractivity contribution in [3.05, 3.63) is 64.6 Å². The molecule has 0 bridgehead atoms. The van der Waals surface area contributed by atoms with Crippen molar-refractivity contribution in [2.45, 2.75) is 31.7 Å². The summed E-state index contributed by atoms with van der Waals surface area (Å²) in [4.78, 5) is 29.9. The van der Waals surface area contributed by atoms with Gasteiger partial charge in [-0.05, 0) is 62.5 Å². The number of nitrogens with zero attached hydrogens (tertiary/aromatic N) is 3. The molecule has 1 atom stereocenters. The van der Waals surface area contributed by atoms with Crippen LogP contribution in [0.2, 0.25) is 0 Å². The van der Waals surface area contributed by atoms with E-state index < -0.39 is 0 Å². The summed E-state index contributed by atoms with van der Waals surface area (Å²) in [5, 5.41) is 0. The Labute approximate surface area is 175 Å². The number of amides is 1. The van der Waals surface area contributed by atoms with Crippen LogP contribution in [0.5, 0.6) is 0 Å². The number of rotatable bonds is 6. The van der Waals surface area contributed by atoms with E-state index in [2.05, 4.69) is 17.0 Å². The summed E-state index contributed by atoms with van der Waals surface area (Å²) in [6.45, 7) is 2.96. The molecule has 6 nitrogen and oxygen atoms in total. The first kappa shape index (κ1) is 19.1. The van der Waals surface area contributed by atoms with Gasteiger partial charge in [0.15, 0.2) is 5.58 Å². The quantitative estimate of drug-likeness (QED) is 0.627. The first-order valence-corrected chi connectivity index (χ1v) is 10.8. The molecule has 1 amide bonds. The number of benzene rings is 2. The molecule has 0 spiro atoms. The molecule has 3 aromatic rings. The maximum Gasteiger partial charge on any atom is 0.419 e. The second kappa shape index (κ2) is 7.76. The van der Waals surface area contributed by atoms with Crippen LogP contribution in [0.15, 0.2) is 57.7 Å². The van der Waals surface area contributed by atoms with Crippen LogP contribution in [-0.2, 0) is 11.8 Å².